The van der Waals surface area contributed by atoms with Crippen molar-refractivity contribution >= 4 is 30.4 Å². The van der Waals surface area contributed by atoms with Crippen molar-refractivity contribution in [1.29, 1.82) is 0 Å². The number of nitrogens with two attached hydrogens (primary N) is 2. The van der Waals surface area contributed by atoms with Gasteiger partial charge in [0.2, 0.25) is 10.0 Å². The SMILES string of the molecule is CCC(CCCC(N)(P(=O)(O)O)P(=O)(O)O)C(N)(P(=O)(O)O)P(=O)(O)O. The normalized spacial score (nSPS) is 16.6. The third-order valence-electron chi connectivity index (χ3n) is 4.13. The summed E-state index contributed by atoms with van der Waals surface area (Å²) >= 11 is 0. The van der Waals surface area contributed by atoms with E-state index in [-0.39, 0.29) is 6.42 Å². The highest BCUT2D eigenvalue weighted by molar-refractivity contribution is 7.72. The topological polar surface area (TPSA) is 282 Å². The van der Waals surface area contributed by atoms with E-state index in [1.165, 1.54) is 6.92 Å². The molecule has 0 bridgehead atoms. The number of hydrogen-bond donors (Lipinski definition) is 10. The summed E-state index contributed by atoms with van der Waals surface area (Å²) in [4.78, 5) is 73.8. The maximum atomic E-state index is 11.6. The molecule has 12 N–H and O–H groups in total. The van der Waals surface area contributed by atoms with Gasteiger partial charge in [0.05, 0.1) is 0 Å². The van der Waals surface area contributed by atoms with Crippen molar-refractivity contribution in [2.24, 2.45) is 17.4 Å². The van der Waals surface area contributed by atoms with E-state index < -0.39 is 65.6 Å². The Balaban J connectivity index is 5.70. The largest absolute Gasteiger partial charge is 0.357 e. The van der Waals surface area contributed by atoms with Gasteiger partial charge in [-0.25, -0.2) is 0 Å². The second-order valence-corrected chi connectivity index (χ2v) is 14.0. The summed E-state index contributed by atoms with van der Waals surface area (Å²) in [7, 11) is -22.1. The lowest BCUT2D eigenvalue weighted by Gasteiger charge is -2.38. The van der Waals surface area contributed by atoms with Crippen LogP contribution >= 0.6 is 30.4 Å². The Morgan fingerprint density at radius 2 is 1.12 bits per heavy atom. The van der Waals surface area contributed by atoms with Gasteiger partial charge in [0.1, 0.15) is 0 Å². The molecule has 158 valence electrons. The molecule has 0 fully saturated rings. The molecule has 0 aliphatic rings. The maximum Gasteiger partial charge on any atom is 0.357 e. The summed E-state index contributed by atoms with van der Waals surface area (Å²) in [5, 5.41) is -6.52. The van der Waals surface area contributed by atoms with Crippen LogP contribution in [-0.4, -0.2) is 49.2 Å². The van der Waals surface area contributed by atoms with Gasteiger partial charge in [-0.3, -0.25) is 18.3 Å². The average molecular weight is 464 g/mol. The summed E-state index contributed by atoms with van der Waals surface area (Å²) in [5.74, 6) is -1.54. The molecule has 0 rings (SSSR count). The van der Waals surface area contributed by atoms with Gasteiger partial charge in [0.25, 0.3) is 0 Å². The lowest BCUT2D eigenvalue weighted by molar-refractivity contribution is 0.251. The van der Waals surface area contributed by atoms with Gasteiger partial charge in [-0.2, -0.15) is 0 Å². The molecule has 1 atom stereocenters. The van der Waals surface area contributed by atoms with E-state index in [9.17, 15) is 37.8 Å². The highest BCUT2D eigenvalue weighted by Gasteiger charge is 2.62. The van der Waals surface area contributed by atoms with Crippen molar-refractivity contribution in [3.63, 3.8) is 0 Å². The van der Waals surface area contributed by atoms with Crippen LogP contribution in [0.15, 0.2) is 0 Å². The molecule has 0 aromatic heterocycles. The van der Waals surface area contributed by atoms with Gasteiger partial charge < -0.3 is 50.6 Å². The molecule has 14 nitrogen and oxygen atoms in total. The lowest BCUT2D eigenvalue weighted by Crippen LogP contribution is -2.46. The first-order valence-electron chi connectivity index (χ1n) is 6.97. The second kappa shape index (κ2) is 8.10. The van der Waals surface area contributed by atoms with Crippen LogP contribution in [0.4, 0.5) is 0 Å². The van der Waals surface area contributed by atoms with Gasteiger partial charge >= 0.3 is 30.4 Å². The van der Waals surface area contributed by atoms with Crippen LogP contribution in [0.2, 0.25) is 0 Å². The minimum Gasteiger partial charge on any atom is -0.323 e. The zero-order valence-electron chi connectivity index (χ0n) is 13.6. The summed E-state index contributed by atoms with van der Waals surface area (Å²) in [6, 6.07) is 0. The third-order valence-corrected chi connectivity index (χ3v) is 12.3. The predicted molar refractivity (Wildman–Crippen MR) is 89.6 cm³/mol. The van der Waals surface area contributed by atoms with Gasteiger partial charge in [-0.15, -0.1) is 0 Å². The van der Waals surface area contributed by atoms with Crippen LogP contribution in [0.25, 0.3) is 0 Å². The van der Waals surface area contributed by atoms with Crippen LogP contribution < -0.4 is 11.5 Å². The minimum atomic E-state index is -5.55. The Bertz CT molecular complexity index is 643. The van der Waals surface area contributed by atoms with Gasteiger partial charge in [0.15, 0.2) is 0 Å². The van der Waals surface area contributed by atoms with Crippen LogP contribution in [0.1, 0.15) is 32.6 Å². The Kier molecular flexibility index (Phi) is 8.26. The van der Waals surface area contributed by atoms with Crippen LogP contribution in [0.3, 0.4) is 0 Å². The van der Waals surface area contributed by atoms with Crippen molar-refractivity contribution in [3.8, 4) is 0 Å². The van der Waals surface area contributed by atoms with Crippen LogP contribution in [-0.2, 0) is 18.3 Å². The fourth-order valence-electron chi connectivity index (χ4n) is 2.43. The molecule has 0 aliphatic heterocycles. The quantitative estimate of drug-likeness (QED) is 0.176. The highest BCUT2D eigenvalue weighted by Crippen LogP contribution is 2.71. The Morgan fingerprint density at radius 3 is 1.35 bits per heavy atom. The maximum absolute atomic E-state index is 11.6. The van der Waals surface area contributed by atoms with E-state index >= 15 is 0 Å². The van der Waals surface area contributed by atoms with Crippen LogP contribution in [0.5, 0.6) is 0 Å². The molecule has 18 heteroatoms. The van der Waals surface area contributed by atoms with Gasteiger partial charge in [-0.1, -0.05) is 13.3 Å². The number of rotatable bonds is 10. The standard InChI is InChI=1S/C8H24N2O12P4/c1-2-6(8(10,25(17,18)19)26(20,21)22)4-3-5-7(9,23(11,12)13)24(14,15)16/h6H,2-5,9-10H2,1H3,(H2,11,12,13)(H2,14,15,16)(H2,17,18,19)(H2,20,21,22). The van der Waals surface area contributed by atoms with Gasteiger partial charge in [0, 0.05) is 5.92 Å². The highest BCUT2D eigenvalue weighted by atomic mass is 31.2. The molecule has 0 heterocycles. The Labute approximate surface area is 148 Å². The molecular formula is C8H24N2O12P4. The van der Waals surface area contributed by atoms with Crippen molar-refractivity contribution in [2.45, 2.75) is 42.6 Å². The molecular weight excluding hydrogens is 440 g/mol. The van der Waals surface area contributed by atoms with E-state index in [0.717, 1.165) is 0 Å². The fourth-order valence-corrected chi connectivity index (χ4v) is 7.62. The lowest BCUT2D eigenvalue weighted by atomic mass is 9.98. The predicted octanol–water partition coefficient (Wildman–Crippen LogP) is -0.881. The molecule has 0 aromatic carbocycles. The van der Waals surface area contributed by atoms with E-state index in [0.29, 0.717) is 0 Å². The molecule has 0 amide bonds. The Hall–Kier alpha value is 0.520. The van der Waals surface area contributed by atoms with Crippen molar-refractivity contribution in [2.75, 3.05) is 0 Å². The zero-order chi connectivity index (χ0) is 21.4. The molecule has 26 heavy (non-hydrogen) atoms. The van der Waals surface area contributed by atoms with Crippen molar-refractivity contribution < 1.29 is 57.4 Å². The van der Waals surface area contributed by atoms with Crippen molar-refractivity contribution in [3.05, 3.63) is 0 Å². The summed E-state index contributed by atoms with van der Waals surface area (Å²) in [5.41, 5.74) is 10.6. The molecule has 0 aromatic rings. The molecule has 0 saturated carbocycles. The second-order valence-electron chi connectivity index (χ2n) is 5.84. The minimum absolute atomic E-state index is 0.254. The summed E-state index contributed by atoms with van der Waals surface area (Å²) in [6.45, 7) is 1.30. The molecule has 0 aliphatic carbocycles. The molecule has 1 unspecified atom stereocenters. The summed E-state index contributed by atoms with van der Waals surface area (Å²) in [6.07, 6.45) is -2.31. The van der Waals surface area contributed by atoms with E-state index in [4.69, 9.17) is 31.0 Å². The van der Waals surface area contributed by atoms with E-state index in [1.54, 1.807) is 0 Å². The first-order valence-corrected chi connectivity index (χ1v) is 13.4. The monoisotopic (exact) mass is 464 g/mol. The first kappa shape index (κ1) is 26.5. The fraction of sp³-hybridized carbons (Fsp3) is 1.00. The van der Waals surface area contributed by atoms with Gasteiger partial charge in [-0.05, 0) is 19.3 Å². The summed E-state index contributed by atoms with van der Waals surface area (Å²) < 4.78 is 45.9. The average Bonchev–Trinajstić information content (AvgIpc) is 2.37. The third kappa shape index (κ3) is 5.11. The van der Waals surface area contributed by atoms with E-state index in [2.05, 4.69) is 0 Å². The zero-order valence-corrected chi connectivity index (χ0v) is 17.1. The smallest absolute Gasteiger partial charge is 0.323 e. The number of hydrogen-bond acceptors (Lipinski definition) is 6. The molecule has 0 spiro atoms. The van der Waals surface area contributed by atoms with E-state index in [1.807, 2.05) is 0 Å². The molecule has 0 radical (unpaired) electrons. The molecule has 0 saturated heterocycles. The first-order chi connectivity index (χ1) is 11.2. The van der Waals surface area contributed by atoms with Crippen LogP contribution in [0, 0.1) is 5.92 Å². The Morgan fingerprint density at radius 1 is 0.769 bits per heavy atom. The van der Waals surface area contributed by atoms with Crippen molar-refractivity contribution in [1.82, 2.24) is 0 Å².